The smallest absolute Gasteiger partial charge is 0.186 e. The van der Waals surface area contributed by atoms with E-state index >= 15 is 0 Å². The fraction of sp³-hybridized carbons (Fsp3) is 0.0909. The molecule has 1 heterocycles. The lowest BCUT2D eigenvalue weighted by Gasteiger charge is -2.30. The van der Waals surface area contributed by atoms with Crippen LogP contribution in [0.4, 0.5) is 0 Å². The number of nitrogens with two attached hydrogens (primary N) is 1. The zero-order valence-corrected chi connectivity index (χ0v) is 16.0. The Kier molecular flexibility index (Phi) is 5.08. The van der Waals surface area contributed by atoms with E-state index < -0.39 is 0 Å². The van der Waals surface area contributed by atoms with Crippen LogP contribution in [0.25, 0.3) is 5.70 Å². The molecule has 0 saturated heterocycles. The van der Waals surface area contributed by atoms with Crippen LogP contribution in [-0.4, -0.2) is 5.11 Å². The van der Waals surface area contributed by atoms with E-state index in [-0.39, 0.29) is 12.2 Å². The van der Waals surface area contributed by atoms with Gasteiger partial charge in [0.25, 0.3) is 0 Å². The maximum absolute atomic E-state index is 10.3. The van der Waals surface area contributed by atoms with Crippen molar-refractivity contribution in [1.29, 1.82) is 0 Å². The fourth-order valence-electron chi connectivity index (χ4n) is 3.34. The standard InChI is InChI=1S/C22H18Cl2N2O/c23-16-9-5-14(6-10-16)19-13-20(18-3-1-2-4-21(18)27)26-22(25-19)15-7-11-17(24)12-8-15/h1-13,20,22,25-27H/p+1. The number of aromatic hydroxyl groups is 1. The highest BCUT2D eigenvalue weighted by Gasteiger charge is 2.29. The summed E-state index contributed by atoms with van der Waals surface area (Å²) in [6, 6.07) is 23.0. The Morgan fingerprint density at radius 1 is 0.815 bits per heavy atom. The Morgan fingerprint density at radius 2 is 1.44 bits per heavy atom. The number of nitrogens with one attached hydrogen (secondary N) is 1. The number of para-hydroxylation sites is 1. The first-order chi connectivity index (χ1) is 13.1. The highest BCUT2D eigenvalue weighted by atomic mass is 35.5. The highest BCUT2D eigenvalue weighted by molar-refractivity contribution is 6.30. The van der Waals surface area contributed by atoms with E-state index in [9.17, 15) is 5.11 Å². The molecule has 0 fully saturated rings. The average Bonchev–Trinajstić information content (AvgIpc) is 2.69. The number of hydrogen-bond donors (Lipinski definition) is 3. The monoisotopic (exact) mass is 397 g/mol. The number of quaternary nitrogens is 1. The summed E-state index contributed by atoms with van der Waals surface area (Å²) in [6.45, 7) is 0. The molecule has 3 aromatic rings. The third kappa shape index (κ3) is 3.96. The lowest BCUT2D eigenvalue weighted by molar-refractivity contribution is -0.731. The first kappa shape index (κ1) is 17.9. The number of phenolic OH excluding ortho intramolecular Hbond substituents is 1. The zero-order valence-electron chi connectivity index (χ0n) is 14.4. The summed E-state index contributed by atoms with van der Waals surface area (Å²) < 4.78 is 0. The molecule has 0 bridgehead atoms. The van der Waals surface area contributed by atoms with Crippen molar-refractivity contribution in [3.8, 4) is 5.75 Å². The minimum atomic E-state index is -0.0289. The van der Waals surface area contributed by atoms with E-state index in [0.29, 0.717) is 15.8 Å². The van der Waals surface area contributed by atoms with Crippen LogP contribution in [0.2, 0.25) is 10.0 Å². The predicted octanol–water partition coefficient (Wildman–Crippen LogP) is 4.65. The molecular formula is C22H19Cl2N2O+. The van der Waals surface area contributed by atoms with E-state index in [1.165, 1.54) is 0 Å². The fourth-order valence-corrected chi connectivity index (χ4v) is 3.59. The van der Waals surface area contributed by atoms with Gasteiger partial charge in [-0.1, -0.05) is 47.5 Å². The van der Waals surface area contributed by atoms with Crippen LogP contribution in [0, 0.1) is 0 Å². The highest BCUT2D eigenvalue weighted by Crippen LogP contribution is 2.29. The minimum Gasteiger partial charge on any atom is -0.507 e. The Morgan fingerprint density at radius 3 is 2.11 bits per heavy atom. The third-order valence-corrected chi connectivity index (χ3v) is 5.24. The van der Waals surface area contributed by atoms with Crippen LogP contribution in [0.5, 0.6) is 5.75 Å². The molecule has 0 aliphatic carbocycles. The summed E-state index contributed by atoms with van der Waals surface area (Å²) in [5.41, 5.74) is 4.04. The van der Waals surface area contributed by atoms with Crippen molar-refractivity contribution in [2.75, 3.05) is 0 Å². The molecule has 0 radical (unpaired) electrons. The second-order valence-corrected chi connectivity index (χ2v) is 7.41. The van der Waals surface area contributed by atoms with Crippen molar-refractivity contribution < 1.29 is 10.4 Å². The van der Waals surface area contributed by atoms with Crippen LogP contribution in [0.1, 0.15) is 28.9 Å². The lowest BCUT2D eigenvalue weighted by Crippen LogP contribution is -2.89. The predicted molar refractivity (Wildman–Crippen MR) is 110 cm³/mol. The molecule has 4 rings (SSSR count). The Bertz CT molecular complexity index is 968. The summed E-state index contributed by atoms with van der Waals surface area (Å²) in [4.78, 5) is 0. The molecule has 2 atom stereocenters. The van der Waals surface area contributed by atoms with Gasteiger partial charge in [0.2, 0.25) is 0 Å². The molecule has 0 amide bonds. The number of phenols is 1. The van der Waals surface area contributed by atoms with Crippen molar-refractivity contribution >= 4 is 28.9 Å². The average molecular weight is 398 g/mol. The normalized spacial score (nSPS) is 19.3. The van der Waals surface area contributed by atoms with Crippen molar-refractivity contribution in [3.05, 3.63) is 106 Å². The Labute approximate surface area is 168 Å². The first-order valence-corrected chi connectivity index (χ1v) is 9.48. The van der Waals surface area contributed by atoms with Gasteiger partial charge in [0.05, 0.1) is 5.56 Å². The number of halogens is 2. The van der Waals surface area contributed by atoms with E-state index in [0.717, 1.165) is 22.4 Å². The zero-order chi connectivity index (χ0) is 18.8. The summed E-state index contributed by atoms with van der Waals surface area (Å²) in [7, 11) is 0. The van der Waals surface area contributed by atoms with Gasteiger partial charge < -0.3 is 15.7 Å². The van der Waals surface area contributed by atoms with Gasteiger partial charge in [0.1, 0.15) is 11.8 Å². The summed E-state index contributed by atoms with van der Waals surface area (Å²) in [5, 5.41) is 17.5. The van der Waals surface area contributed by atoms with Crippen molar-refractivity contribution in [2.24, 2.45) is 0 Å². The van der Waals surface area contributed by atoms with E-state index in [1.807, 2.05) is 66.7 Å². The number of hydrogen-bond acceptors (Lipinski definition) is 2. The van der Waals surface area contributed by atoms with Gasteiger partial charge >= 0.3 is 0 Å². The van der Waals surface area contributed by atoms with Gasteiger partial charge in [-0.2, -0.15) is 0 Å². The van der Waals surface area contributed by atoms with Crippen LogP contribution in [-0.2, 0) is 0 Å². The molecule has 0 saturated carbocycles. The molecule has 0 aromatic heterocycles. The molecule has 2 unspecified atom stereocenters. The van der Waals surface area contributed by atoms with Gasteiger partial charge in [-0.3, -0.25) is 0 Å². The topological polar surface area (TPSA) is 48.9 Å². The van der Waals surface area contributed by atoms with Crippen molar-refractivity contribution in [3.63, 3.8) is 0 Å². The lowest BCUT2D eigenvalue weighted by atomic mass is 9.98. The molecule has 0 spiro atoms. The van der Waals surface area contributed by atoms with E-state index in [1.54, 1.807) is 6.07 Å². The second-order valence-electron chi connectivity index (χ2n) is 6.54. The van der Waals surface area contributed by atoms with Gasteiger partial charge in [0, 0.05) is 27.4 Å². The number of rotatable bonds is 3. The molecule has 136 valence electrons. The maximum Gasteiger partial charge on any atom is 0.186 e. The summed E-state index contributed by atoms with van der Waals surface area (Å²) in [5.74, 6) is 0.294. The Hall–Kier alpha value is -2.46. The van der Waals surface area contributed by atoms with Gasteiger partial charge in [-0.25, -0.2) is 0 Å². The van der Waals surface area contributed by atoms with Crippen LogP contribution < -0.4 is 10.6 Å². The maximum atomic E-state index is 10.3. The third-order valence-electron chi connectivity index (χ3n) is 4.74. The number of benzene rings is 3. The first-order valence-electron chi connectivity index (χ1n) is 8.73. The van der Waals surface area contributed by atoms with Gasteiger partial charge in [-0.05, 0) is 54.1 Å². The summed E-state index contributed by atoms with van der Waals surface area (Å²) >= 11 is 12.1. The van der Waals surface area contributed by atoms with Crippen molar-refractivity contribution in [1.82, 2.24) is 5.32 Å². The molecule has 3 nitrogen and oxygen atoms in total. The molecule has 27 heavy (non-hydrogen) atoms. The Balaban J connectivity index is 1.75. The van der Waals surface area contributed by atoms with Crippen LogP contribution in [0.15, 0.2) is 78.9 Å². The quantitative estimate of drug-likeness (QED) is 0.602. The SMILES string of the molecule is Oc1ccccc1C1C=C(c2ccc(Cl)cc2)NC(c2ccc(Cl)cc2)[NH2+]1. The van der Waals surface area contributed by atoms with Crippen molar-refractivity contribution in [2.45, 2.75) is 12.2 Å². The molecule has 3 aromatic carbocycles. The molecule has 1 aliphatic heterocycles. The molecule has 4 N–H and O–H groups in total. The van der Waals surface area contributed by atoms with E-state index in [2.05, 4.69) is 16.7 Å². The van der Waals surface area contributed by atoms with Gasteiger partial charge in [0.15, 0.2) is 6.17 Å². The largest absolute Gasteiger partial charge is 0.507 e. The minimum absolute atomic E-state index is 0.0115. The second kappa shape index (κ2) is 7.65. The van der Waals surface area contributed by atoms with E-state index in [4.69, 9.17) is 23.2 Å². The summed E-state index contributed by atoms with van der Waals surface area (Å²) in [6.07, 6.45) is 2.12. The molecular weight excluding hydrogens is 379 g/mol. The molecule has 1 aliphatic rings. The molecule has 5 heteroatoms. The van der Waals surface area contributed by atoms with Crippen LogP contribution >= 0.6 is 23.2 Å². The van der Waals surface area contributed by atoms with Crippen LogP contribution in [0.3, 0.4) is 0 Å². The van der Waals surface area contributed by atoms with Gasteiger partial charge in [-0.15, -0.1) is 0 Å².